The van der Waals surface area contributed by atoms with Crippen molar-refractivity contribution < 1.29 is 9.53 Å². The zero-order valence-electron chi connectivity index (χ0n) is 14.2. The van der Waals surface area contributed by atoms with E-state index in [0.29, 0.717) is 5.82 Å². The molecule has 3 fully saturated rings. The molecule has 2 aromatic rings. The van der Waals surface area contributed by atoms with E-state index < -0.39 is 0 Å². The summed E-state index contributed by atoms with van der Waals surface area (Å²) in [7, 11) is 1.75. The van der Waals surface area contributed by atoms with Gasteiger partial charge in [0.15, 0.2) is 5.82 Å². The molecule has 25 heavy (non-hydrogen) atoms. The van der Waals surface area contributed by atoms with Gasteiger partial charge in [0.25, 0.3) is 0 Å². The van der Waals surface area contributed by atoms with Gasteiger partial charge in [0.2, 0.25) is 0 Å². The van der Waals surface area contributed by atoms with Crippen LogP contribution in [0, 0.1) is 0 Å². The van der Waals surface area contributed by atoms with E-state index in [9.17, 15) is 4.79 Å². The fourth-order valence-corrected chi connectivity index (χ4v) is 4.38. The van der Waals surface area contributed by atoms with E-state index in [-0.39, 0.29) is 24.1 Å². The summed E-state index contributed by atoms with van der Waals surface area (Å²) in [6, 6.07) is 10.0. The van der Waals surface area contributed by atoms with E-state index in [2.05, 4.69) is 9.88 Å². The summed E-state index contributed by atoms with van der Waals surface area (Å²) in [6.07, 6.45) is 2.52. The first-order chi connectivity index (χ1) is 11.7. The summed E-state index contributed by atoms with van der Waals surface area (Å²) in [6.45, 7) is 3.09. The predicted molar refractivity (Wildman–Crippen MR) is 103 cm³/mol. The van der Waals surface area contributed by atoms with Gasteiger partial charge in [0.1, 0.15) is 5.60 Å². The largest absolute Gasteiger partial charge is 0.442 e. The molecule has 4 heterocycles. The quantitative estimate of drug-likeness (QED) is 0.807. The van der Waals surface area contributed by atoms with Gasteiger partial charge in [-0.2, -0.15) is 0 Å². The lowest BCUT2D eigenvalue weighted by Gasteiger charge is -2.47. The minimum atomic E-state index is -0.298. The van der Waals surface area contributed by atoms with Crippen LogP contribution < -0.4 is 4.90 Å². The van der Waals surface area contributed by atoms with Crippen molar-refractivity contribution in [2.24, 2.45) is 0 Å². The molecule has 0 N–H and O–H groups in total. The van der Waals surface area contributed by atoms with Gasteiger partial charge in [0, 0.05) is 45.9 Å². The van der Waals surface area contributed by atoms with Gasteiger partial charge in [-0.05, 0) is 5.56 Å². The van der Waals surface area contributed by atoms with Crippen LogP contribution in [0.1, 0.15) is 19.3 Å². The van der Waals surface area contributed by atoms with Crippen LogP contribution in [0.3, 0.4) is 0 Å². The molecule has 0 spiro atoms. The molecule has 0 unspecified atom stereocenters. The molecule has 0 saturated carbocycles. The lowest BCUT2D eigenvalue weighted by atomic mass is 9.83. The number of benzene rings is 1. The normalized spacial score (nSPS) is 24.4. The van der Waals surface area contributed by atoms with Gasteiger partial charge in [-0.3, -0.25) is 4.90 Å². The van der Waals surface area contributed by atoms with Crippen molar-refractivity contribution in [2.75, 3.05) is 31.6 Å². The lowest BCUT2D eigenvalue weighted by molar-refractivity contribution is -0.0760. The van der Waals surface area contributed by atoms with Crippen molar-refractivity contribution in [3.05, 3.63) is 35.8 Å². The Morgan fingerprint density at radius 1 is 1.20 bits per heavy atom. The molecule has 0 radical (unpaired) electrons. The molecule has 7 heteroatoms. The zero-order valence-corrected chi connectivity index (χ0v) is 15.8. The molecule has 1 aromatic carbocycles. The third-order valence-electron chi connectivity index (χ3n) is 5.13. The number of carbonyl (C=O) groups is 1. The predicted octanol–water partition coefficient (Wildman–Crippen LogP) is 4.04. The Labute approximate surface area is 158 Å². The van der Waals surface area contributed by atoms with Crippen LogP contribution in [0.2, 0.25) is 0 Å². The molecule has 0 atom stereocenters. The molecule has 5 nitrogen and oxygen atoms in total. The highest BCUT2D eigenvalue weighted by atomic mass is 35.5. The number of anilines is 1. The third-order valence-corrected chi connectivity index (χ3v) is 6.00. The molecular weight excluding hydrogens is 358 g/mol. The minimum absolute atomic E-state index is 0. The molecule has 1 amide bonds. The molecule has 0 aliphatic carbocycles. The van der Waals surface area contributed by atoms with Gasteiger partial charge in [0.05, 0.1) is 10.4 Å². The number of ether oxygens (including phenoxy) is 1. The number of thiazole rings is 1. The maximum absolute atomic E-state index is 12.7. The fourth-order valence-electron chi connectivity index (χ4n) is 3.56. The average Bonchev–Trinajstić information content (AvgIpc) is 3.12. The van der Waals surface area contributed by atoms with Gasteiger partial charge < -0.3 is 9.64 Å². The van der Waals surface area contributed by atoms with Gasteiger partial charge in [-0.25, -0.2) is 9.78 Å². The van der Waals surface area contributed by atoms with Crippen molar-refractivity contribution in [3.8, 4) is 10.4 Å². The summed E-state index contributed by atoms with van der Waals surface area (Å²) < 4.78 is 5.97. The Morgan fingerprint density at radius 2 is 1.84 bits per heavy atom. The summed E-state index contributed by atoms with van der Waals surface area (Å²) in [5.74, 6) is 0.667. The lowest BCUT2D eigenvalue weighted by Crippen LogP contribution is -2.55. The van der Waals surface area contributed by atoms with Crippen molar-refractivity contribution >= 4 is 35.7 Å². The van der Waals surface area contributed by atoms with Crippen LogP contribution >= 0.6 is 23.7 Å². The summed E-state index contributed by atoms with van der Waals surface area (Å²) in [5.41, 5.74) is 2.57. The van der Waals surface area contributed by atoms with E-state index in [1.807, 2.05) is 30.3 Å². The Bertz CT molecular complexity index is 715. The minimum Gasteiger partial charge on any atom is -0.442 e. The van der Waals surface area contributed by atoms with Crippen molar-refractivity contribution in [1.82, 2.24) is 9.88 Å². The topological polar surface area (TPSA) is 45.7 Å². The maximum atomic E-state index is 12.7. The smallest absolute Gasteiger partial charge is 0.415 e. The van der Waals surface area contributed by atoms with Crippen LogP contribution in [0.5, 0.6) is 0 Å². The monoisotopic (exact) mass is 379 g/mol. The summed E-state index contributed by atoms with van der Waals surface area (Å²) in [4.78, 5) is 22.1. The van der Waals surface area contributed by atoms with Gasteiger partial charge >= 0.3 is 6.09 Å². The van der Waals surface area contributed by atoms with Gasteiger partial charge in [-0.15, -0.1) is 23.7 Å². The molecule has 3 aliphatic heterocycles. The highest BCUT2D eigenvalue weighted by Gasteiger charge is 2.43. The molecule has 5 rings (SSSR count). The average molecular weight is 380 g/mol. The van der Waals surface area contributed by atoms with Crippen LogP contribution in [0.25, 0.3) is 10.4 Å². The van der Waals surface area contributed by atoms with Crippen LogP contribution in [0.15, 0.2) is 35.8 Å². The zero-order chi connectivity index (χ0) is 16.6. The number of rotatable bonds is 3. The van der Waals surface area contributed by atoms with Crippen LogP contribution in [-0.4, -0.2) is 48.3 Å². The number of nitrogens with zero attached hydrogens (tertiary/aromatic N) is 3. The van der Waals surface area contributed by atoms with E-state index in [1.54, 1.807) is 17.5 Å². The Morgan fingerprint density at radius 3 is 2.48 bits per heavy atom. The van der Waals surface area contributed by atoms with Crippen molar-refractivity contribution in [3.63, 3.8) is 0 Å². The number of fused-ring (bicyclic) bond motifs is 3. The second kappa shape index (κ2) is 7.32. The van der Waals surface area contributed by atoms with Crippen LogP contribution in [-0.2, 0) is 4.74 Å². The second-order valence-electron chi connectivity index (χ2n) is 6.57. The number of amides is 1. The standard InChI is InChI=1S/C18H21N3O2S.ClH/c1-20(16-15(24-13-19-16)14-5-3-2-4-6-14)17(22)23-18-7-10-21(11-8-18)12-9-18;/h2-6,13H,7-12H2,1H3;1H. The van der Waals surface area contributed by atoms with Crippen molar-refractivity contribution in [1.29, 1.82) is 0 Å². The summed E-state index contributed by atoms with van der Waals surface area (Å²) in [5, 5.41) is 0. The number of piperidine rings is 3. The SMILES string of the molecule is CN(C(=O)OC12CCN(CC1)CC2)c1ncsc1-c1ccccc1.Cl. The summed E-state index contributed by atoms with van der Waals surface area (Å²) >= 11 is 1.54. The van der Waals surface area contributed by atoms with Crippen molar-refractivity contribution in [2.45, 2.75) is 24.9 Å². The number of aromatic nitrogens is 1. The number of hydrogen-bond acceptors (Lipinski definition) is 5. The Hall–Kier alpha value is -1.63. The molecular formula is C18H22ClN3O2S. The van der Waals surface area contributed by atoms with E-state index in [4.69, 9.17) is 4.74 Å². The molecule has 2 bridgehead atoms. The highest BCUT2D eigenvalue weighted by molar-refractivity contribution is 7.13. The Balaban J connectivity index is 0.00000182. The molecule has 134 valence electrons. The highest BCUT2D eigenvalue weighted by Crippen LogP contribution is 2.37. The molecule has 3 saturated heterocycles. The van der Waals surface area contributed by atoms with Gasteiger partial charge in [-0.1, -0.05) is 30.3 Å². The number of halogens is 1. The third kappa shape index (κ3) is 3.52. The fraction of sp³-hybridized carbons (Fsp3) is 0.444. The van der Waals surface area contributed by atoms with Crippen LogP contribution in [0.4, 0.5) is 10.6 Å². The number of carbonyl (C=O) groups excluding carboxylic acids is 1. The first kappa shape index (κ1) is 18.2. The Kier molecular flexibility index (Phi) is 5.32. The first-order valence-electron chi connectivity index (χ1n) is 8.35. The first-order valence-corrected chi connectivity index (χ1v) is 9.23. The molecule has 3 aliphatic rings. The van der Waals surface area contributed by atoms with E-state index in [1.165, 1.54) is 11.3 Å². The maximum Gasteiger partial charge on any atom is 0.415 e. The van der Waals surface area contributed by atoms with E-state index >= 15 is 0 Å². The number of hydrogen-bond donors (Lipinski definition) is 0. The molecule has 1 aromatic heterocycles. The van der Waals surface area contributed by atoms with E-state index in [0.717, 1.165) is 49.3 Å². The second-order valence-corrected chi connectivity index (χ2v) is 7.43.